The van der Waals surface area contributed by atoms with E-state index < -0.39 is 24.2 Å². The molecule has 0 atom stereocenters. The third-order valence-electron chi connectivity index (χ3n) is 2.96. The van der Waals surface area contributed by atoms with Crippen molar-refractivity contribution < 1.29 is 27.4 Å². The predicted octanol–water partition coefficient (Wildman–Crippen LogP) is 2.03. The molecule has 0 aliphatic rings. The van der Waals surface area contributed by atoms with Crippen molar-refractivity contribution in [3.63, 3.8) is 0 Å². The summed E-state index contributed by atoms with van der Waals surface area (Å²) in [6.07, 6.45) is 2.21. The Kier molecular flexibility index (Phi) is 5.73. The van der Waals surface area contributed by atoms with Gasteiger partial charge in [0.1, 0.15) is 6.07 Å². The zero-order valence-corrected chi connectivity index (χ0v) is 12.8. The van der Waals surface area contributed by atoms with Gasteiger partial charge in [-0.3, -0.25) is 4.79 Å². The van der Waals surface area contributed by atoms with Crippen molar-refractivity contribution in [1.29, 1.82) is 5.26 Å². The van der Waals surface area contributed by atoms with Crippen LogP contribution in [-0.4, -0.2) is 29.6 Å². The van der Waals surface area contributed by atoms with E-state index in [1.165, 1.54) is 19.4 Å². The van der Waals surface area contributed by atoms with Gasteiger partial charge in [-0.1, -0.05) is 0 Å². The number of hydrogen-bond acceptors (Lipinski definition) is 6. The highest BCUT2D eigenvalue weighted by Crippen LogP contribution is 2.18. The second kappa shape index (κ2) is 7.96. The molecule has 0 fully saturated rings. The fourth-order valence-electron chi connectivity index (χ4n) is 1.87. The molecule has 0 spiro atoms. The van der Waals surface area contributed by atoms with Crippen LogP contribution in [0.15, 0.2) is 24.5 Å². The van der Waals surface area contributed by atoms with Crippen LogP contribution < -0.4 is 14.8 Å². The molecule has 2 aromatic rings. The first kappa shape index (κ1) is 18.0. The van der Waals surface area contributed by atoms with Crippen LogP contribution in [0.4, 0.5) is 13.2 Å². The first-order chi connectivity index (χ1) is 11.9. The van der Waals surface area contributed by atoms with Crippen LogP contribution in [0.1, 0.15) is 21.5 Å². The van der Waals surface area contributed by atoms with E-state index in [1.54, 1.807) is 0 Å². The minimum absolute atomic E-state index is 0.0541. The maximum atomic E-state index is 13.6. The fourth-order valence-corrected chi connectivity index (χ4v) is 1.87. The Labute approximate surface area is 140 Å². The Balaban J connectivity index is 2.10. The molecule has 0 unspecified atom stereocenters. The summed E-state index contributed by atoms with van der Waals surface area (Å²) in [7, 11) is 1.38. The average Bonchev–Trinajstić information content (AvgIpc) is 2.60. The van der Waals surface area contributed by atoms with E-state index in [9.17, 15) is 18.0 Å². The van der Waals surface area contributed by atoms with Crippen LogP contribution in [0.2, 0.25) is 0 Å². The lowest BCUT2D eigenvalue weighted by atomic mass is 10.2. The molecule has 0 radical (unpaired) electrons. The maximum absolute atomic E-state index is 13.6. The number of carbonyl (C=O) groups excluding carboxylic acids is 1. The molecular weight excluding hydrogens is 341 g/mol. The number of methoxy groups -OCH3 is 1. The lowest BCUT2D eigenvalue weighted by Gasteiger charge is -2.10. The first-order valence-electron chi connectivity index (χ1n) is 6.76. The molecular formula is C15H11F3N4O3. The molecule has 10 heteroatoms. The molecule has 0 saturated carbocycles. The van der Waals surface area contributed by atoms with E-state index in [2.05, 4.69) is 20.0 Å². The van der Waals surface area contributed by atoms with Crippen LogP contribution >= 0.6 is 0 Å². The molecule has 1 N–H and O–H groups in total. The molecule has 1 amide bonds. The van der Waals surface area contributed by atoms with E-state index in [0.29, 0.717) is 5.56 Å². The van der Waals surface area contributed by atoms with E-state index in [-0.39, 0.29) is 23.6 Å². The number of amides is 1. The smallest absolute Gasteiger partial charge is 0.388 e. The number of pyridine rings is 2. The van der Waals surface area contributed by atoms with Crippen LogP contribution in [0.25, 0.3) is 0 Å². The van der Waals surface area contributed by atoms with Gasteiger partial charge in [-0.2, -0.15) is 14.0 Å². The van der Waals surface area contributed by atoms with Crippen molar-refractivity contribution in [1.82, 2.24) is 15.3 Å². The normalized spacial score (nSPS) is 10.2. The van der Waals surface area contributed by atoms with Crippen LogP contribution in [-0.2, 0) is 6.54 Å². The molecule has 0 bridgehead atoms. The third-order valence-corrected chi connectivity index (χ3v) is 2.96. The second-order valence-electron chi connectivity index (χ2n) is 4.58. The molecule has 25 heavy (non-hydrogen) atoms. The summed E-state index contributed by atoms with van der Waals surface area (Å²) in [6.45, 7) is -3.28. The third kappa shape index (κ3) is 4.57. The van der Waals surface area contributed by atoms with E-state index in [1.807, 2.05) is 6.07 Å². The Morgan fingerprint density at radius 1 is 1.32 bits per heavy atom. The molecule has 130 valence electrons. The fraction of sp³-hybridized carbons (Fsp3) is 0.200. The minimum atomic E-state index is -3.23. The first-order valence-corrected chi connectivity index (χ1v) is 6.76. The highest BCUT2D eigenvalue weighted by Gasteiger charge is 2.15. The van der Waals surface area contributed by atoms with Gasteiger partial charge in [0.15, 0.2) is 5.82 Å². The number of halogens is 3. The van der Waals surface area contributed by atoms with Gasteiger partial charge in [0.25, 0.3) is 11.8 Å². The summed E-state index contributed by atoms with van der Waals surface area (Å²) in [5.41, 5.74) is 0.509. The summed E-state index contributed by atoms with van der Waals surface area (Å²) >= 11 is 0. The van der Waals surface area contributed by atoms with Crippen molar-refractivity contribution in [3.05, 3.63) is 47.0 Å². The Hall–Kier alpha value is -3.35. The Bertz CT molecular complexity index is 824. The van der Waals surface area contributed by atoms with Gasteiger partial charge in [-0.05, 0) is 12.1 Å². The van der Waals surface area contributed by atoms with Crippen LogP contribution in [0.5, 0.6) is 11.8 Å². The summed E-state index contributed by atoms with van der Waals surface area (Å²) in [6, 6.07) is 4.10. The molecule has 0 aromatic carbocycles. The van der Waals surface area contributed by atoms with Gasteiger partial charge in [0.2, 0.25) is 5.88 Å². The minimum Gasteiger partial charge on any atom is -0.481 e. The van der Waals surface area contributed by atoms with E-state index >= 15 is 0 Å². The zero-order valence-electron chi connectivity index (χ0n) is 12.8. The SMILES string of the molecule is COc1ncc(C#N)cc1CNC(=O)c1cnc(OC(F)F)c(F)c1. The van der Waals surface area contributed by atoms with Crippen LogP contribution in [0, 0.1) is 17.1 Å². The highest BCUT2D eigenvalue weighted by molar-refractivity contribution is 5.93. The summed E-state index contributed by atoms with van der Waals surface area (Å²) in [5, 5.41) is 11.3. The molecule has 2 rings (SSSR count). The molecule has 0 saturated heterocycles. The number of nitrogens with zero attached hydrogens (tertiary/aromatic N) is 3. The number of carbonyl (C=O) groups is 1. The van der Waals surface area contributed by atoms with Crippen molar-refractivity contribution in [3.8, 4) is 17.8 Å². The summed E-state index contributed by atoms with van der Waals surface area (Å²) in [5.74, 6) is -2.60. The second-order valence-corrected chi connectivity index (χ2v) is 4.58. The number of alkyl halides is 2. The van der Waals surface area contributed by atoms with Gasteiger partial charge in [0.05, 0.1) is 18.2 Å². The Morgan fingerprint density at radius 3 is 2.64 bits per heavy atom. The quantitative estimate of drug-likeness (QED) is 0.854. The van der Waals surface area contributed by atoms with Gasteiger partial charge in [-0.15, -0.1) is 0 Å². The van der Waals surface area contributed by atoms with Crippen molar-refractivity contribution in [2.45, 2.75) is 13.2 Å². The topological polar surface area (TPSA) is 97.1 Å². The average molecular weight is 352 g/mol. The van der Waals surface area contributed by atoms with Gasteiger partial charge < -0.3 is 14.8 Å². The lowest BCUT2D eigenvalue weighted by molar-refractivity contribution is -0.0553. The number of ether oxygens (including phenoxy) is 2. The van der Waals surface area contributed by atoms with E-state index in [0.717, 1.165) is 12.3 Å². The number of nitriles is 1. The molecule has 2 heterocycles. The van der Waals surface area contributed by atoms with Gasteiger partial charge in [-0.25, -0.2) is 14.4 Å². The van der Waals surface area contributed by atoms with Crippen molar-refractivity contribution in [2.75, 3.05) is 7.11 Å². The van der Waals surface area contributed by atoms with Crippen LogP contribution in [0.3, 0.4) is 0 Å². The van der Waals surface area contributed by atoms with Gasteiger partial charge >= 0.3 is 6.61 Å². The Morgan fingerprint density at radius 2 is 2.04 bits per heavy atom. The molecule has 7 nitrogen and oxygen atoms in total. The standard InChI is InChI=1S/C15H11F3N4O3/c1-24-13-10(2-8(4-19)5-21-13)7-20-12(23)9-3-11(16)14(22-6-9)25-15(17)18/h2-3,5-6,15H,7H2,1H3,(H,20,23). The largest absolute Gasteiger partial charge is 0.481 e. The number of hydrogen-bond donors (Lipinski definition) is 1. The van der Waals surface area contributed by atoms with Crippen molar-refractivity contribution >= 4 is 5.91 Å². The predicted molar refractivity (Wildman–Crippen MR) is 77.5 cm³/mol. The van der Waals surface area contributed by atoms with E-state index in [4.69, 9.17) is 10.00 Å². The van der Waals surface area contributed by atoms with Crippen molar-refractivity contribution in [2.24, 2.45) is 0 Å². The molecule has 2 aromatic heterocycles. The highest BCUT2D eigenvalue weighted by atomic mass is 19.3. The maximum Gasteiger partial charge on any atom is 0.388 e. The monoisotopic (exact) mass is 352 g/mol. The lowest BCUT2D eigenvalue weighted by Crippen LogP contribution is -2.23. The molecule has 0 aliphatic carbocycles. The number of nitrogens with one attached hydrogen (secondary N) is 1. The van der Waals surface area contributed by atoms with Gasteiger partial charge in [0, 0.05) is 24.5 Å². The number of aromatic nitrogens is 2. The number of rotatable bonds is 6. The summed E-state index contributed by atoms with van der Waals surface area (Å²) in [4.78, 5) is 19.3. The summed E-state index contributed by atoms with van der Waals surface area (Å²) < 4.78 is 46.6. The zero-order chi connectivity index (χ0) is 18.4. The molecule has 0 aliphatic heterocycles.